The Morgan fingerprint density at radius 3 is 3.19 bits per heavy atom. The van der Waals surface area contributed by atoms with Crippen LogP contribution in [0, 0.1) is 0 Å². The van der Waals surface area contributed by atoms with Crippen LogP contribution in [-0.2, 0) is 0 Å². The topological polar surface area (TPSA) is 40.5 Å². The average molecular weight is 239 g/mol. The monoisotopic (exact) mass is 239 g/mol. The molecule has 1 aliphatic heterocycles. The van der Waals surface area contributed by atoms with E-state index in [-0.39, 0.29) is 6.61 Å². The Morgan fingerprint density at radius 1 is 1.62 bits per heavy atom. The predicted molar refractivity (Wildman–Crippen MR) is 66.4 cm³/mol. The van der Waals surface area contributed by atoms with Gasteiger partial charge < -0.3 is 10.0 Å². The third-order valence-corrected chi connectivity index (χ3v) is 3.97. The first-order valence-corrected chi connectivity index (χ1v) is 6.64. The van der Waals surface area contributed by atoms with E-state index in [4.69, 9.17) is 5.11 Å². The third-order valence-electron chi connectivity index (χ3n) is 3.13. The summed E-state index contributed by atoms with van der Waals surface area (Å²) in [4.78, 5) is 13.8. The lowest BCUT2D eigenvalue weighted by Gasteiger charge is -2.25. The fourth-order valence-corrected chi connectivity index (χ4v) is 3.06. The molecular formula is C12H17NO2S. The lowest BCUT2D eigenvalue weighted by molar-refractivity contribution is 0.112. The van der Waals surface area contributed by atoms with E-state index in [9.17, 15) is 4.79 Å². The number of aliphatic hydroxyl groups is 1. The number of aliphatic hydroxyl groups excluding tert-OH is 1. The van der Waals surface area contributed by atoms with Crippen LogP contribution >= 0.6 is 11.3 Å². The van der Waals surface area contributed by atoms with Crippen molar-refractivity contribution in [2.45, 2.75) is 31.7 Å². The lowest BCUT2D eigenvalue weighted by atomic mass is 10.1. The molecule has 1 N–H and O–H groups in total. The molecule has 1 atom stereocenters. The molecule has 0 saturated carbocycles. The summed E-state index contributed by atoms with van der Waals surface area (Å²) in [7, 11) is 0. The van der Waals surface area contributed by atoms with Crippen molar-refractivity contribution in [1.82, 2.24) is 0 Å². The molecule has 1 aromatic rings. The second-order valence-electron chi connectivity index (χ2n) is 4.18. The van der Waals surface area contributed by atoms with Crippen molar-refractivity contribution < 1.29 is 9.90 Å². The van der Waals surface area contributed by atoms with E-state index in [2.05, 4.69) is 10.3 Å². The fraction of sp³-hybridized carbons (Fsp3) is 0.583. The summed E-state index contributed by atoms with van der Waals surface area (Å²) in [5.41, 5.74) is 1.17. The van der Waals surface area contributed by atoms with E-state index in [0.29, 0.717) is 6.04 Å². The molecule has 2 heterocycles. The van der Waals surface area contributed by atoms with Crippen LogP contribution in [0.2, 0.25) is 0 Å². The number of hydrogen-bond donors (Lipinski definition) is 1. The van der Waals surface area contributed by atoms with E-state index in [1.165, 1.54) is 29.9 Å². The summed E-state index contributed by atoms with van der Waals surface area (Å²) in [6.07, 6.45) is 5.23. The highest BCUT2D eigenvalue weighted by Crippen LogP contribution is 2.30. The zero-order valence-corrected chi connectivity index (χ0v) is 10.1. The maximum absolute atomic E-state index is 10.6. The standard InChI is InChI=1S/C12H17NO2S/c14-6-2-4-10-3-1-5-13(10)11-7-12(8-15)16-9-11/h7-10,14H,1-6H2. The van der Waals surface area contributed by atoms with Gasteiger partial charge in [-0.3, -0.25) is 4.79 Å². The maximum Gasteiger partial charge on any atom is 0.160 e. The van der Waals surface area contributed by atoms with E-state index < -0.39 is 0 Å². The van der Waals surface area contributed by atoms with Gasteiger partial charge in [0.25, 0.3) is 0 Å². The minimum absolute atomic E-state index is 0.271. The second kappa shape index (κ2) is 5.46. The van der Waals surface area contributed by atoms with Crippen molar-refractivity contribution in [1.29, 1.82) is 0 Å². The Balaban J connectivity index is 2.03. The molecule has 4 heteroatoms. The van der Waals surface area contributed by atoms with Gasteiger partial charge in [-0.25, -0.2) is 0 Å². The minimum atomic E-state index is 0.271. The second-order valence-corrected chi connectivity index (χ2v) is 5.12. The largest absolute Gasteiger partial charge is 0.396 e. The van der Waals surface area contributed by atoms with Crippen LogP contribution in [0.4, 0.5) is 5.69 Å². The zero-order chi connectivity index (χ0) is 11.4. The molecule has 2 rings (SSSR count). The lowest BCUT2D eigenvalue weighted by Crippen LogP contribution is -2.28. The molecule has 0 aliphatic carbocycles. The summed E-state index contributed by atoms with van der Waals surface area (Å²) >= 11 is 1.50. The molecule has 0 radical (unpaired) electrons. The highest BCUT2D eigenvalue weighted by molar-refractivity contribution is 7.12. The molecule has 0 bridgehead atoms. The number of nitrogens with zero attached hydrogens (tertiary/aromatic N) is 1. The molecule has 0 amide bonds. The van der Waals surface area contributed by atoms with Gasteiger partial charge in [-0.1, -0.05) is 0 Å². The number of hydrogen-bond acceptors (Lipinski definition) is 4. The molecule has 88 valence electrons. The molecule has 1 aliphatic rings. The van der Waals surface area contributed by atoms with Gasteiger partial charge in [0.1, 0.15) is 0 Å². The molecule has 16 heavy (non-hydrogen) atoms. The van der Waals surface area contributed by atoms with Crippen LogP contribution in [0.1, 0.15) is 35.4 Å². The average Bonchev–Trinajstić information content (AvgIpc) is 2.94. The third kappa shape index (κ3) is 2.44. The Morgan fingerprint density at radius 2 is 2.50 bits per heavy atom. The smallest absolute Gasteiger partial charge is 0.160 e. The van der Waals surface area contributed by atoms with Gasteiger partial charge in [-0.05, 0) is 31.7 Å². The van der Waals surface area contributed by atoms with Crippen LogP contribution in [0.5, 0.6) is 0 Å². The maximum atomic E-state index is 10.6. The summed E-state index contributed by atoms with van der Waals surface area (Å²) in [6.45, 7) is 1.35. The van der Waals surface area contributed by atoms with Gasteiger partial charge in [0.05, 0.1) is 4.88 Å². The number of aldehydes is 1. The highest BCUT2D eigenvalue weighted by atomic mass is 32.1. The van der Waals surface area contributed by atoms with Gasteiger partial charge in [0, 0.05) is 30.3 Å². The molecule has 0 spiro atoms. The van der Waals surface area contributed by atoms with Crippen LogP contribution in [-0.4, -0.2) is 30.6 Å². The summed E-state index contributed by atoms with van der Waals surface area (Å²) in [5.74, 6) is 0. The van der Waals surface area contributed by atoms with Gasteiger partial charge in [0.15, 0.2) is 6.29 Å². The number of carbonyl (C=O) groups is 1. The SMILES string of the molecule is O=Cc1cc(N2CCCC2CCCO)cs1. The van der Waals surface area contributed by atoms with Crippen LogP contribution in [0.3, 0.4) is 0 Å². The van der Waals surface area contributed by atoms with Crippen molar-refractivity contribution in [2.75, 3.05) is 18.1 Å². The van der Waals surface area contributed by atoms with Crippen molar-refractivity contribution in [3.8, 4) is 0 Å². The first-order chi connectivity index (χ1) is 7.85. The molecule has 1 fully saturated rings. The van der Waals surface area contributed by atoms with E-state index in [1.807, 2.05) is 6.07 Å². The minimum Gasteiger partial charge on any atom is -0.396 e. The zero-order valence-electron chi connectivity index (χ0n) is 9.26. The number of rotatable bonds is 5. The van der Waals surface area contributed by atoms with E-state index >= 15 is 0 Å². The first kappa shape index (κ1) is 11.6. The molecule has 1 saturated heterocycles. The van der Waals surface area contributed by atoms with Gasteiger partial charge >= 0.3 is 0 Å². The quantitative estimate of drug-likeness (QED) is 0.802. The highest BCUT2D eigenvalue weighted by Gasteiger charge is 2.24. The van der Waals surface area contributed by atoms with Crippen LogP contribution in [0.25, 0.3) is 0 Å². The number of anilines is 1. The van der Waals surface area contributed by atoms with Gasteiger partial charge in [-0.2, -0.15) is 0 Å². The molecular weight excluding hydrogens is 222 g/mol. The first-order valence-electron chi connectivity index (χ1n) is 5.76. The normalized spacial score (nSPS) is 20.3. The fourth-order valence-electron chi connectivity index (χ4n) is 2.36. The van der Waals surface area contributed by atoms with E-state index in [1.54, 1.807) is 0 Å². The molecule has 3 nitrogen and oxygen atoms in total. The number of carbonyl (C=O) groups excluding carboxylic acids is 1. The Bertz CT molecular complexity index is 351. The Labute approximate surface area is 99.7 Å². The molecule has 0 aromatic carbocycles. The van der Waals surface area contributed by atoms with Crippen molar-refractivity contribution in [2.24, 2.45) is 0 Å². The summed E-state index contributed by atoms with van der Waals surface area (Å²) < 4.78 is 0. The van der Waals surface area contributed by atoms with Crippen LogP contribution in [0.15, 0.2) is 11.4 Å². The predicted octanol–water partition coefficient (Wildman–Crippen LogP) is 2.30. The van der Waals surface area contributed by atoms with Crippen molar-refractivity contribution >= 4 is 23.3 Å². The van der Waals surface area contributed by atoms with Gasteiger partial charge in [0.2, 0.25) is 0 Å². The van der Waals surface area contributed by atoms with Crippen molar-refractivity contribution in [3.63, 3.8) is 0 Å². The Hall–Kier alpha value is -0.870. The van der Waals surface area contributed by atoms with Crippen molar-refractivity contribution in [3.05, 3.63) is 16.3 Å². The summed E-state index contributed by atoms with van der Waals surface area (Å²) in [5, 5.41) is 10.9. The summed E-state index contributed by atoms with van der Waals surface area (Å²) in [6, 6.07) is 2.51. The van der Waals surface area contributed by atoms with E-state index in [0.717, 1.165) is 30.5 Å². The number of thiophene rings is 1. The van der Waals surface area contributed by atoms with Crippen LogP contribution < -0.4 is 4.90 Å². The molecule has 1 unspecified atom stereocenters. The molecule has 1 aromatic heterocycles. The van der Waals surface area contributed by atoms with Gasteiger partial charge in [-0.15, -0.1) is 11.3 Å². The Kier molecular flexibility index (Phi) is 3.96.